The summed E-state index contributed by atoms with van der Waals surface area (Å²) in [4.78, 5) is 0. The van der Waals surface area contributed by atoms with Crippen LogP contribution in [-0.4, -0.2) is 8.07 Å². The fourth-order valence-corrected chi connectivity index (χ4v) is 11.2. The van der Waals surface area contributed by atoms with Gasteiger partial charge in [-0.25, -0.2) is 0 Å². The second kappa shape index (κ2) is 10.1. The van der Waals surface area contributed by atoms with Crippen molar-refractivity contribution < 1.29 is 20.8 Å². The van der Waals surface area contributed by atoms with Crippen LogP contribution in [0.3, 0.4) is 0 Å². The number of hydrogen-bond donors (Lipinski definition) is 0. The maximum absolute atomic E-state index is 4.93. The van der Waals surface area contributed by atoms with Crippen molar-refractivity contribution in [3.63, 3.8) is 0 Å². The molecular weight excluding hydrogens is 551 g/mol. The number of fused-ring (bicyclic) bond motifs is 6. The van der Waals surface area contributed by atoms with Crippen molar-refractivity contribution in [3.8, 4) is 0 Å². The predicted octanol–water partition coefficient (Wildman–Crippen LogP) is 8.72. The summed E-state index contributed by atoms with van der Waals surface area (Å²) in [5.41, 5.74) is 0. The summed E-state index contributed by atoms with van der Waals surface area (Å²) in [5.74, 6) is 0. The minimum atomic E-state index is -2.05. The summed E-state index contributed by atoms with van der Waals surface area (Å²) < 4.78 is 0. The molecule has 6 aromatic carbocycles. The number of hydrogen-bond acceptors (Lipinski definition) is 0. The third-order valence-corrected chi connectivity index (χ3v) is 12.9. The first-order valence-electron chi connectivity index (χ1n) is 11.8. The molecule has 0 atom stereocenters. The van der Waals surface area contributed by atoms with Gasteiger partial charge < -0.3 is 0 Å². The Bertz CT molecular complexity index is 1370. The van der Waals surface area contributed by atoms with E-state index in [1.807, 2.05) is 0 Å². The fraction of sp³-hybridized carbons (Fsp3) is 0.133. The molecule has 0 saturated heterocycles. The third-order valence-electron chi connectivity index (χ3n) is 7.53. The van der Waals surface area contributed by atoms with Gasteiger partial charge in [-0.05, 0) is 0 Å². The Morgan fingerprint density at radius 3 is 1.00 bits per heavy atom. The van der Waals surface area contributed by atoms with Crippen molar-refractivity contribution in [2.45, 2.75) is 25.9 Å². The second-order valence-electron chi connectivity index (χ2n) is 8.79. The molecule has 6 rings (SSSR count). The van der Waals surface area contributed by atoms with E-state index in [-0.39, 0.29) is 0 Å². The molecule has 0 saturated carbocycles. The zero-order valence-corrected chi connectivity index (χ0v) is 24.4. The molecule has 4 heteroatoms. The van der Waals surface area contributed by atoms with Crippen LogP contribution in [-0.2, 0) is 20.8 Å². The quantitative estimate of drug-likeness (QED) is 0.145. The van der Waals surface area contributed by atoms with Gasteiger partial charge in [-0.2, -0.15) is 0 Å². The molecule has 0 nitrogen and oxygen atoms in total. The Morgan fingerprint density at radius 1 is 0.529 bits per heavy atom. The summed E-state index contributed by atoms with van der Waals surface area (Å²) in [6.07, 6.45) is 0. The van der Waals surface area contributed by atoms with Gasteiger partial charge in [0.25, 0.3) is 0 Å². The monoisotopic (exact) mass is 574 g/mol. The van der Waals surface area contributed by atoms with Gasteiger partial charge in [0.05, 0.1) is 0 Å². The zero-order chi connectivity index (χ0) is 23.7. The van der Waals surface area contributed by atoms with E-state index in [0.717, 1.165) is 0 Å². The van der Waals surface area contributed by atoms with Gasteiger partial charge in [-0.1, -0.05) is 98.7 Å². The summed E-state index contributed by atoms with van der Waals surface area (Å²) in [5, 5.41) is 14.8. The van der Waals surface area contributed by atoms with Gasteiger partial charge in [-0.15, -0.1) is 77.7 Å². The standard InChI is InChI=1S/C30H26Si.2ClH.Zr/c1-3-31(4-2,29-25-17-9-5-13-21(25)22-14-6-10-18-26(22)29)30-27-19-11-7-15-23(27)24-16-8-12-20-28(24)30;;;/h5-20H,3-4H2,1-2H3;2*1H;/q-2;;;+4/p-2. The van der Waals surface area contributed by atoms with E-state index < -0.39 is 28.9 Å². The van der Waals surface area contributed by atoms with E-state index in [2.05, 4.69) is 111 Å². The molecule has 0 aliphatic heterocycles. The topological polar surface area (TPSA) is 0 Å². The first-order chi connectivity index (χ1) is 16.7. The van der Waals surface area contributed by atoms with Crippen molar-refractivity contribution in [1.29, 1.82) is 0 Å². The van der Waals surface area contributed by atoms with Crippen LogP contribution in [0.25, 0.3) is 43.1 Å². The van der Waals surface area contributed by atoms with Gasteiger partial charge in [0.1, 0.15) is 0 Å². The van der Waals surface area contributed by atoms with Crippen molar-refractivity contribution in [1.82, 2.24) is 0 Å². The summed E-state index contributed by atoms with van der Waals surface area (Å²) in [6, 6.07) is 38.8. The van der Waals surface area contributed by atoms with E-state index >= 15 is 0 Å². The molecule has 0 radical (unpaired) electrons. The van der Waals surface area contributed by atoms with Gasteiger partial charge in [0, 0.05) is 8.07 Å². The molecular formula is C30H26Cl2SiZr. The molecule has 0 amide bonds. The van der Waals surface area contributed by atoms with E-state index in [1.165, 1.54) is 55.2 Å². The Hall–Kier alpha value is -1.70. The van der Waals surface area contributed by atoms with Crippen LogP contribution in [0.5, 0.6) is 0 Å². The number of halogens is 2. The molecule has 0 spiro atoms. The molecule has 0 unspecified atom stereocenters. The summed E-state index contributed by atoms with van der Waals surface area (Å²) in [7, 11) is 7.82. The molecule has 6 aromatic rings. The average Bonchev–Trinajstić information content (AvgIpc) is 3.41. The Labute approximate surface area is 220 Å². The van der Waals surface area contributed by atoms with Crippen LogP contribution in [0.1, 0.15) is 13.8 Å². The van der Waals surface area contributed by atoms with Crippen LogP contribution in [0, 0.1) is 0 Å². The normalized spacial score (nSPS) is 11.6. The van der Waals surface area contributed by atoms with Crippen LogP contribution in [0.15, 0.2) is 97.1 Å². The second-order valence-corrected chi connectivity index (χ2v) is 17.1. The van der Waals surface area contributed by atoms with Crippen LogP contribution < -0.4 is 10.4 Å². The van der Waals surface area contributed by atoms with Crippen LogP contribution in [0.2, 0.25) is 12.1 Å². The Balaban J connectivity index is 0.000000764. The van der Waals surface area contributed by atoms with E-state index in [1.54, 1.807) is 10.4 Å². The maximum atomic E-state index is 4.93. The third kappa shape index (κ3) is 3.66. The number of rotatable bonds is 4. The van der Waals surface area contributed by atoms with Gasteiger partial charge >= 0.3 is 37.9 Å². The molecule has 0 N–H and O–H groups in total. The Morgan fingerprint density at radius 2 is 0.765 bits per heavy atom. The van der Waals surface area contributed by atoms with E-state index in [0.29, 0.717) is 0 Å². The predicted molar refractivity (Wildman–Crippen MR) is 152 cm³/mol. The summed E-state index contributed by atoms with van der Waals surface area (Å²) in [6.45, 7) is 4.87. The Kier molecular flexibility index (Phi) is 7.14. The zero-order valence-electron chi connectivity index (χ0n) is 19.4. The van der Waals surface area contributed by atoms with Gasteiger partial charge in [0.2, 0.25) is 0 Å². The van der Waals surface area contributed by atoms with Crippen LogP contribution in [0.4, 0.5) is 0 Å². The van der Waals surface area contributed by atoms with Crippen molar-refractivity contribution in [2.75, 3.05) is 0 Å². The van der Waals surface area contributed by atoms with Gasteiger partial charge in [0.15, 0.2) is 0 Å². The minimum absolute atomic E-state index is 0.826. The van der Waals surface area contributed by atoms with E-state index in [9.17, 15) is 0 Å². The average molecular weight is 577 g/mol. The SMILES string of the molecule is CC[Si](CC)([c-]1c2ccccc2c2ccccc21)[c-]1c2ccccc2c2ccccc21.[Cl][Zr+2][Cl]. The molecule has 0 aliphatic rings. The van der Waals surface area contributed by atoms with Gasteiger partial charge in [-0.3, -0.25) is 0 Å². The molecule has 0 fully saturated rings. The summed E-state index contributed by atoms with van der Waals surface area (Å²) >= 11 is -0.826. The van der Waals surface area contributed by atoms with Crippen molar-refractivity contribution in [2.24, 2.45) is 0 Å². The molecule has 168 valence electrons. The fourth-order valence-electron chi connectivity index (χ4n) is 6.15. The molecule has 34 heavy (non-hydrogen) atoms. The van der Waals surface area contributed by atoms with Crippen LogP contribution >= 0.6 is 17.0 Å². The van der Waals surface area contributed by atoms with Crippen molar-refractivity contribution >= 4 is 78.6 Å². The molecule has 0 aromatic heterocycles. The number of benzene rings is 4. The first kappa shape index (κ1) is 24.0. The molecule has 0 bridgehead atoms. The molecule has 0 heterocycles. The first-order valence-corrected chi connectivity index (χ1v) is 20.6. The molecule has 0 aliphatic carbocycles. The van der Waals surface area contributed by atoms with E-state index in [4.69, 9.17) is 17.0 Å². The van der Waals surface area contributed by atoms with Crippen molar-refractivity contribution in [3.05, 3.63) is 97.1 Å².